The molecule has 166 valence electrons. The van der Waals surface area contributed by atoms with E-state index in [2.05, 4.69) is 10.2 Å². The van der Waals surface area contributed by atoms with Crippen molar-refractivity contribution in [2.45, 2.75) is 12.8 Å². The second-order valence-electron chi connectivity index (χ2n) is 7.37. The molecule has 0 unspecified atom stereocenters. The lowest BCUT2D eigenvalue weighted by molar-refractivity contribution is -0.122. The normalized spacial score (nSPS) is 17.7. The third-order valence-corrected chi connectivity index (χ3v) is 5.76. The molecule has 32 heavy (non-hydrogen) atoms. The van der Waals surface area contributed by atoms with Gasteiger partial charge in [-0.2, -0.15) is 0 Å². The van der Waals surface area contributed by atoms with E-state index in [0.29, 0.717) is 17.1 Å². The van der Waals surface area contributed by atoms with E-state index in [1.807, 2.05) is 6.07 Å². The molecule has 0 radical (unpaired) electrons. The van der Waals surface area contributed by atoms with Crippen LogP contribution in [0.2, 0.25) is 0 Å². The minimum absolute atomic E-state index is 0.0395. The Morgan fingerprint density at radius 2 is 1.72 bits per heavy atom. The van der Waals surface area contributed by atoms with Gasteiger partial charge in [-0.25, -0.2) is 9.29 Å². The van der Waals surface area contributed by atoms with E-state index in [4.69, 9.17) is 21.7 Å². The maximum Gasteiger partial charge on any atom is 0.270 e. The summed E-state index contributed by atoms with van der Waals surface area (Å²) in [5.41, 5.74) is 1.13. The number of hydrogen-bond acceptors (Lipinski definition) is 6. The minimum Gasteiger partial charge on any atom is -0.496 e. The van der Waals surface area contributed by atoms with Crippen molar-refractivity contribution in [3.63, 3.8) is 0 Å². The van der Waals surface area contributed by atoms with E-state index in [1.54, 1.807) is 19.2 Å². The molecule has 2 aliphatic heterocycles. The molecule has 0 bridgehead atoms. The number of rotatable bonds is 5. The standard InChI is InChI=1S/C23H22FN3O4S/c1-30-19-13-18(26-9-5-6-10-26)20(31-2)12-14(19)11-15-21(28)25-23(32)27(22(15)29)17-8-4-3-7-16(17)24/h3-4,7-8,11-13H,5-6,9-10H2,1-2H3,(H,25,28,32)/b15-11+. The minimum atomic E-state index is -0.728. The summed E-state index contributed by atoms with van der Waals surface area (Å²) < 4.78 is 25.5. The van der Waals surface area contributed by atoms with Crippen LogP contribution in [0.1, 0.15) is 18.4 Å². The van der Waals surface area contributed by atoms with Crippen LogP contribution in [0.15, 0.2) is 42.0 Å². The van der Waals surface area contributed by atoms with Crippen molar-refractivity contribution in [1.29, 1.82) is 0 Å². The van der Waals surface area contributed by atoms with Gasteiger partial charge in [0.2, 0.25) is 0 Å². The van der Waals surface area contributed by atoms with Gasteiger partial charge >= 0.3 is 0 Å². The summed E-state index contributed by atoms with van der Waals surface area (Å²) in [6.45, 7) is 1.83. The zero-order valence-corrected chi connectivity index (χ0v) is 18.5. The number of methoxy groups -OCH3 is 2. The van der Waals surface area contributed by atoms with E-state index < -0.39 is 17.6 Å². The molecule has 2 saturated heterocycles. The Bertz CT molecular complexity index is 1130. The Morgan fingerprint density at radius 1 is 1.03 bits per heavy atom. The lowest BCUT2D eigenvalue weighted by atomic mass is 10.0. The molecule has 9 heteroatoms. The molecule has 0 atom stereocenters. The number of para-hydroxylation sites is 1. The average Bonchev–Trinajstić information content (AvgIpc) is 3.32. The number of carbonyl (C=O) groups excluding carboxylic acids is 2. The zero-order chi connectivity index (χ0) is 22.8. The molecule has 2 amide bonds. The number of ether oxygens (including phenoxy) is 2. The smallest absolute Gasteiger partial charge is 0.270 e. The largest absolute Gasteiger partial charge is 0.496 e. The average molecular weight is 456 g/mol. The molecule has 1 N–H and O–H groups in total. The molecule has 2 aromatic carbocycles. The van der Waals surface area contributed by atoms with E-state index in [-0.39, 0.29) is 16.4 Å². The van der Waals surface area contributed by atoms with Crippen LogP contribution in [0.3, 0.4) is 0 Å². The van der Waals surface area contributed by atoms with E-state index in [9.17, 15) is 14.0 Å². The van der Waals surface area contributed by atoms with Crippen molar-refractivity contribution >= 4 is 46.6 Å². The summed E-state index contributed by atoms with van der Waals surface area (Å²) in [6, 6.07) is 9.28. The SMILES string of the molecule is COc1cc(N2CCCC2)c(OC)cc1/C=C1\C(=O)NC(=S)N(c2ccccc2F)C1=O. The molecule has 2 fully saturated rings. The van der Waals surface area contributed by atoms with Gasteiger partial charge in [0, 0.05) is 24.7 Å². The van der Waals surface area contributed by atoms with Crippen LogP contribution in [0, 0.1) is 5.82 Å². The predicted octanol–water partition coefficient (Wildman–Crippen LogP) is 3.27. The monoisotopic (exact) mass is 455 g/mol. The number of halogens is 1. The van der Waals surface area contributed by atoms with Crippen molar-refractivity contribution in [3.8, 4) is 11.5 Å². The second kappa shape index (κ2) is 8.96. The lowest BCUT2D eigenvalue weighted by Gasteiger charge is -2.29. The van der Waals surface area contributed by atoms with Gasteiger partial charge in [-0.1, -0.05) is 12.1 Å². The van der Waals surface area contributed by atoms with Crippen molar-refractivity contribution in [3.05, 3.63) is 53.4 Å². The highest BCUT2D eigenvalue weighted by Gasteiger charge is 2.36. The molecular weight excluding hydrogens is 433 g/mol. The topological polar surface area (TPSA) is 71.1 Å². The number of thiocarbonyl (C=S) groups is 1. The van der Waals surface area contributed by atoms with Crippen molar-refractivity contribution in [2.75, 3.05) is 37.1 Å². The predicted molar refractivity (Wildman–Crippen MR) is 124 cm³/mol. The molecule has 2 aliphatic rings. The number of nitrogens with one attached hydrogen (secondary N) is 1. The van der Waals surface area contributed by atoms with Gasteiger partial charge < -0.3 is 14.4 Å². The summed E-state index contributed by atoms with van der Waals surface area (Å²) in [5.74, 6) is -0.949. The molecule has 2 heterocycles. The van der Waals surface area contributed by atoms with E-state index in [1.165, 1.54) is 31.4 Å². The van der Waals surface area contributed by atoms with E-state index in [0.717, 1.165) is 36.5 Å². The van der Waals surface area contributed by atoms with Gasteiger partial charge in [0.1, 0.15) is 22.9 Å². The Morgan fingerprint density at radius 3 is 2.38 bits per heavy atom. The molecule has 4 rings (SSSR count). The van der Waals surface area contributed by atoms with Crippen LogP contribution in [-0.4, -0.2) is 44.2 Å². The third kappa shape index (κ3) is 3.91. The first-order valence-corrected chi connectivity index (χ1v) is 10.5. The number of anilines is 2. The quantitative estimate of drug-likeness (QED) is 0.424. The van der Waals surface area contributed by atoms with Gasteiger partial charge in [-0.15, -0.1) is 0 Å². The maximum atomic E-state index is 14.4. The lowest BCUT2D eigenvalue weighted by Crippen LogP contribution is -2.54. The van der Waals surface area contributed by atoms with Crippen LogP contribution in [0.4, 0.5) is 15.8 Å². The van der Waals surface area contributed by atoms with E-state index >= 15 is 0 Å². The Kier molecular flexibility index (Phi) is 6.09. The fraction of sp³-hybridized carbons (Fsp3) is 0.261. The molecular formula is C23H22FN3O4S. The van der Waals surface area contributed by atoms with Crippen LogP contribution in [-0.2, 0) is 9.59 Å². The zero-order valence-electron chi connectivity index (χ0n) is 17.7. The number of amides is 2. The van der Waals surface area contributed by atoms with Crippen molar-refractivity contribution in [2.24, 2.45) is 0 Å². The Hall–Kier alpha value is -3.46. The van der Waals surface area contributed by atoms with Gasteiger partial charge in [0.15, 0.2) is 5.11 Å². The highest BCUT2D eigenvalue weighted by Crippen LogP contribution is 2.38. The molecule has 0 saturated carbocycles. The van der Waals surface area contributed by atoms with Crippen LogP contribution in [0.5, 0.6) is 11.5 Å². The van der Waals surface area contributed by atoms with Crippen LogP contribution >= 0.6 is 12.2 Å². The highest BCUT2D eigenvalue weighted by atomic mass is 32.1. The van der Waals surface area contributed by atoms with Crippen molar-refractivity contribution in [1.82, 2.24) is 5.32 Å². The number of nitrogens with zero attached hydrogens (tertiary/aromatic N) is 2. The maximum absolute atomic E-state index is 14.4. The van der Waals surface area contributed by atoms with Gasteiger partial charge in [0.25, 0.3) is 11.8 Å². The third-order valence-electron chi connectivity index (χ3n) is 5.47. The molecule has 7 nitrogen and oxygen atoms in total. The summed E-state index contributed by atoms with van der Waals surface area (Å²) in [6.07, 6.45) is 3.60. The van der Waals surface area contributed by atoms with Gasteiger partial charge in [-0.3, -0.25) is 14.9 Å². The van der Waals surface area contributed by atoms with Gasteiger partial charge in [-0.05, 0) is 49.3 Å². The molecule has 0 aromatic heterocycles. The number of benzene rings is 2. The van der Waals surface area contributed by atoms with Crippen molar-refractivity contribution < 1.29 is 23.5 Å². The first kappa shape index (κ1) is 21.8. The summed E-state index contributed by atoms with van der Waals surface area (Å²) in [4.78, 5) is 29.0. The second-order valence-corrected chi connectivity index (χ2v) is 7.76. The summed E-state index contributed by atoms with van der Waals surface area (Å²) in [5, 5.41) is 2.28. The molecule has 2 aromatic rings. The van der Waals surface area contributed by atoms with Crippen LogP contribution < -0.4 is 24.6 Å². The fourth-order valence-corrected chi connectivity index (χ4v) is 4.16. The molecule has 0 spiro atoms. The molecule has 0 aliphatic carbocycles. The first-order valence-electron chi connectivity index (χ1n) is 10.1. The summed E-state index contributed by atoms with van der Waals surface area (Å²) >= 11 is 5.14. The first-order chi connectivity index (χ1) is 15.4. The Labute approximate surface area is 190 Å². The summed E-state index contributed by atoms with van der Waals surface area (Å²) in [7, 11) is 3.08. The number of hydrogen-bond donors (Lipinski definition) is 1. The Balaban J connectivity index is 1.78. The van der Waals surface area contributed by atoms with Gasteiger partial charge in [0.05, 0.1) is 25.6 Å². The highest BCUT2D eigenvalue weighted by molar-refractivity contribution is 7.80. The number of carbonyl (C=O) groups is 2. The fourth-order valence-electron chi connectivity index (χ4n) is 3.89. The van der Waals surface area contributed by atoms with Crippen LogP contribution in [0.25, 0.3) is 6.08 Å².